The number of nitrogens with two attached hydrogens (primary N) is 1. The summed E-state index contributed by atoms with van der Waals surface area (Å²) in [5, 5.41) is 9.23. The van der Waals surface area contributed by atoms with Crippen LogP contribution in [0.1, 0.15) is 23.6 Å². The van der Waals surface area contributed by atoms with Gasteiger partial charge in [-0.05, 0) is 30.4 Å². The number of hydrogen-bond donors (Lipinski definition) is 2. The number of carbonyl (C=O) groups is 1. The van der Waals surface area contributed by atoms with Crippen molar-refractivity contribution in [2.24, 2.45) is 11.7 Å². The first-order valence-corrected chi connectivity index (χ1v) is 5.08. The Labute approximate surface area is 88.9 Å². The van der Waals surface area contributed by atoms with E-state index < -0.39 is 11.5 Å². The molecule has 1 aliphatic rings. The molecule has 3 N–H and O–H groups in total. The minimum Gasteiger partial charge on any atom is -0.480 e. The summed E-state index contributed by atoms with van der Waals surface area (Å²) in [6, 6.07) is 5.80. The molecule has 0 amide bonds. The van der Waals surface area contributed by atoms with E-state index in [4.69, 9.17) is 5.73 Å². The van der Waals surface area contributed by atoms with Crippen LogP contribution in [-0.2, 0) is 16.8 Å². The van der Waals surface area contributed by atoms with Gasteiger partial charge in [0.25, 0.3) is 0 Å². The van der Waals surface area contributed by atoms with Gasteiger partial charge in [-0.2, -0.15) is 0 Å². The van der Waals surface area contributed by atoms with Gasteiger partial charge in [-0.3, -0.25) is 0 Å². The fourth-order valence-corrected chi connectivity index (χ4v) is 2.38. The van der Waals surface area contributed by atoms with Gasteiger partial charge in [-0.1, -0.05) is 30.7 Å². The van der Waals surface area contributed by atoms with Crippen molar-refractivity contribution in [2.45, 2.75) is 25.8 Å². The van der Waals surface area contributed by atoms with Gasteiger partial charge in [0, 0.05) is 0 Å². The Bertz CT molecular complexity index is 428. The molecule has 2 atom stereocenters. The molecule has 3 heteroatoms. The summed E-state index contributed by atoms with van der Waals surface area (Å²) in [5.41, 5.74) is 7.80. The second-order valence-corrected chi connectivity index (χ2v) is 4.44. The fraction of sp³-hybridized carbons (Fsp3) is 0.417. The maximum atomic E-state index is 11.3. The molecule has 0 bridgehead atoms. The lowest BCUT2D eigenvalue weighted by molar-refractivity contribution is -0.145. The second-order valence-electron chi connectivity index (χ2n) is 4.44. The maximum absolute atomic E-state index is 11.3. The van der Waals surface area contributed by atoms with E-state index in [0.717, 1.165) is 23.1 Å². The van der Waals surface area contributed by atoms with E-state index >= 15 is 0 Å². The van der Waals surface area contributed by atoms with Crippen LogP contribution in [0.25, 0.3) is 0 Å². The lowest BCUT2D eigenvalue weighted by Gasteiger charge is -2.25. The van der Waals surface area contributed by atoms with Crippen molar-refractivity contribution in [2.75, 3.05) is 0 Å². The van der Waals surface area contributed by atoms with Gasteiger partial charge in [-0.25, -0.2) is 4.79 Å². The molecular weight excluding hydrogens is 190 g/mol. The Hall–Kier alpha value is -1.35. The van der Waals surface area contributed by atoms with Crippen LogP contribution >= 0.6 is 0 Å². The summed E-state index contributed by atoms with van der Waals surface area (Å²) in [5.74, 6) is -0.982. The van der Waals surface area contributed by atoms with Crippen molar-refractivity contribution in [1.29, 1.82) is 0 Å². The standard InChI is InChI=1S/C12H15NO2/c1-7-3-4-10-9(5-7)6-8(2)12(10,13)11(14)15/h3-5,8H,6,13H2,1-2H3,(H,14,15). The number of aliphatic carboxylic acids is 1. The Morgan fingerprint density at radius 1 is 1.60 bits per heavy atom. The molecule has 2 unspecified atom stereocenters. The van der Waals surface area contributed by atoms with Crippen molar-refractivity contribution >= 4 is 5.97 Å². The first-order chi connectivity index (χ1) is 6.96. The molecule has 0 saturated carbocycles. The van der Waals surface area contributed by atoms with Gasteiger partial charge in [-0.15, -0.1) is 0 Å². The summed E-state index contributed by atoms with van der Waals surface area (Å²) in [6.45, 7) is 3.89. The van der Waals surface area contributed by atoms with E-state index in [1.165, 1.54) is 0 Å². The van der Waals surface area contributed by atoms with Crippen LogP contribution in [0.5, 0.6) is 0 Å². The third-order valence-corrected chi connectivity index (χ3v) is 3.36. The van der Waals surface area contributed by atoms with Crippen molar-refractivity contribution < 1.29 is 9.90 Å². The zero-order valence-corrected chi connectivity index (χ0v) is 8.95. The summed E-state index contributed by atoms with van der Waals surface area (Å²) < 4.78 is 0. The summed E-state index contributed by atoms with van der Waals surface area (Å²) in [6.07, 6.45) is 0.750. The van der Waals surface area contributed by atoms with E-state index in [2.05, 4.69) is 0 Å². The van der Waals surface area contributed by atoms with Gasteiger partial charge < -0.3 is 10.8 Å². The number of aryl methyl sites for hydroxylation is 1. The SMILES string of the molecule is Cc1ccc2c(c1)CC(C)C2(N)C(=O)O. The third kappa shape index (κ3) is 1.27. The Morgan fingerprint density at radius 3 is 2.87 bits per heavy atom. The van der Waals surface area contributed by atoms with Gasteiger partial charge in [0.05, 0.1) is 0 Å². The highest BCUT2D eigenvalue weighted by atomic mass is 16.4. The molecule has 1 aromatic rings. The predicted molar refractivity (Wildman–Crippen MR) is 57.5 cm³/mol. The molecule has 0 aliphatic heterocycles. The number of carboxylic acids is 1. The second kappa shape index (κ2) is 3.07. The monoisotopic (exact) mass is 205 g/mol. The molecule has 0 saturated heterocycles. The quantitative estimate of drug-likeness (QED) is 0.729. The fourth-order valence-electron chi connectivity index (χ4n) is 2.38. The molecule has 0 spiro atoms. The number of rotatable bonds is 1. The smallest absolute Gasteiger partial charge is 0.328 e. The Morgan fingerprint density at radius 2 is 2.27 bits per heavy atom. The number of carboxylic acid groups (broad SMARTS) is 1. The van der Waals surface area contributed by atoms with Crippen LogP contribution in [0, 0.1) is 12.8 Å². The topological polar surface area (TPSA) is 63.3 Å². The van der Waals surface area contributed by atoms with Crippen LogP contribution in [-0.4, -0.2) is 11.1 Å². The molecule has 3 nitrogen and oxygen atoms in total. The van der Waals surface area contributed by atoms with E-state index in [1.54, 1.807) is 0 Å². The van der Waals surface area contributed by atoms with Crippen LogP contribution in [0.4, 0.5) is 0 Å². The predicted octanol–water partition coefficient (Wildman–Crippen LogP) is 1.43. The third-order valence-electron chi connectivity index (χ3n) is 3.36. The van der Waals surface area contributed by atoms with Crippen molar-refractivity contribution in [3.8, 4) is 0 Å². The van der Waals surface area contributed by atoms with Gasteiger partial charge >= 0.3 is 5.97 Å². The molecule has 1 aliphatic carbocycles. The van der Waals surface area contributed by atoms with Crippen molar-refractivity contribution in [3.63, 3.8) is 0 Å². The Kier molecular flexibility index (Phi) is 2.08. The average Bonchev–Trinajstić information content (AvgIpc) is 2.39. The van der Waals surface area contributed by atoms with Gasteiger partial charge in [0.1, 0.15) is 5.54 Å². The van der Waals surface area contributed by atoms with Crippen molar-refractivity contribution in [3.05, 3.63) is 34.9 Å². The summed E-state index contributed by atoms with van der Waals surface area (Å²) in [7, 11) is 0. The lowest BCUT2D eigenvalue weighted by atomic mass is 9.86. The zero-order chi connectivity index (χ0) is 11.2. The normalized spacial score (nSPS) is 28.9. The molecule has 2 rings (SSSR count). The molecule has 0 aromatic heterocycles. The van der Waals surface area contributed by atoms with Crippen LogP contribution < -0.4 is 5.73 Å². The van der Waals surface area contributed by atoms with Crippen LogP contribution in [0.2, 0.25) is 0 Å². The minimum atomic E-state index is -1.21. The highest BCUT2D eigenvalue weighted by molar-refractivity contribution is 5.82. The van der Waals surface area contributed by atoms with Gasteiger partial charge in [0.2, 0.25) is 0 Å². The van der Waals surface area contributed by atoms with Crippen LogP contribution in [0.15, 0.2) is 18.2 Å². The number of benzene rings is 1. The summed E-state index contributed by atoms with van der Waals surface area (Å²) >= 11 is 0. The lowest BCUT2D eigenvalue weighted by Crippen LogP contribution is -2.47. The highest BCUT2D eigenvalue weighted by Crippen LogP contribution is 2.39. The molecule has 1 aromatic carbocycles. The van der Waals surface area contributed by atoms with Crippen molar-refractivity contribution in [1.82, 2.24) is 0 Å². The maximum Gasteiger partial charge on any atom is 0.328 e. The first kappa shape index (κ1) is 10.2. The minimum absolute atomic E-state index is 0.0493. The molecule has 80 valence electrons. The molecule has 0 radical (unpaired) electrons. The first-order valence-electron chi connectivity index (χ1n) is 5.08. The van der Waals surface area contributed by atoms with E-state index in [1.807, 2.05) is 32.0 Å². The molecule has 15 heavy (non-hydrogen) atoms. The average molecular weight is 205 g/mol. The van der Waals surface area contributed by atoms with E-state index in [-0.39, 0.29) is 5.92 Å². The molecule has 0 fully saturated rings. The molecular formula is C12H15NO2. The molecule has 0 heterocycles. The summed E-state index contributed by atoms with van der Waals surface area (Å²) in [4.78, 5) is 11.3. The number of hydrogen-bond acceptors (Lipinski definition) is 2. The van der Waals surface area contributed by atoms with Gasteiger partial charge in [0.15, 0.2) is 0 Å². The van der Waals surface area contributed by atoms with E-state index in [0.29, 0.717) is 0 Å². The highest BCUT2D eigenvalue weighted by Gasteiger charge is 2.47. The zero-order valence-electron chi connectivity index (χ0n) is 8.95. The van der Waals surface area contributed by atoms with E-state index in [9.17, 15) is 9.90 Å². The Balaban J connectivity index is 2.60. The largest absolute Gasteiger partial charge is 0.480 e. The van der Waals surface area contributed by atoms with Crippen LogP contribution in [0.3, 0.4) is 0 Å². The number of fused-ring (bicyclic) bond motifs is 1.